The Bertz CT molecular complexity index is 1890. The summed E-state index contributed by atoms with van der Waals surface area (Å²) >= 11 is 1.71. The first-order chi connectivity index (χ1) is 17.7. The molecule has 36 heavy (non-hydrogen) atoms. The number of thiophene rings is 1. The second-order valence-electron chi connectivity index (χ2n) is 8.71. The van der Waals surface area contributed by atoms with Crippen LogP contribution in [-0.2, 0) is 0 Å². The van der Waals surface area contributed by atoms with Crippen LogP contribution in [-0.4, -0.2) is 15.0 Å². The lowest BCUT2D eigenvalue weighted by Crippen LogP contribution is -1.88. The van der Waals surface area contributed by atoms with E-state index in [2.05, 4.69) is 53.5 Å². The van der Waals surface area contributed by atoms with Gasteiger partial charge in [-0.05, 0) is 53.6 Å². The second kappa shape index (κ2) is 8.33. The Hall–Kier alpha value is -4.48. The normalized spacial score (nSPS) is 11.5. The van der Waals surface area contributed by atoms with Crippen molar-refractivity contribution in [3.05, 3.63) is 115 Å². The monoisotopic (exact) mass is 483 g/mol. The lowest BCUT2D eigenvalue weighted by Gasteiger charge is -2.08. The van der Waals surface area contributed by atoms with Crippen LogP contribution in [0.3, 0.4) is 0 Å². The van der Waals surface area contributed by atoms with Crippen molar-refractivity contribution in [1.29, 1.82) is 0 Å². The molecule has 0 unspecified atom stereocenters. The maximum absolute atomic E-state index is 13.3. The van der Waals surface area contributed by atoms with Crippen LogP contribution in [0, 0.1) is 5.82 Å². The summed E-state index contributed by atoms with van der Waals surface area (Å²) in [6.45, 7) is 0. The number of pyridine rings is 3. The van der Waals surface area contributed by atoms with Crippen LogP contribution in [0.5, 0.6) is 0 Å². The van der Waals surface area contributed by atoms with Gasteiger partial charge < -0.3 is 0 Å². The van der Waals surface area contributed by atoms with E-state index in [9.17, 15) is 4.39 Å². The molecule has 0 aliphatic rings. The molecular weight excluding hydrogens is 465 g/mol. The molecular formula is C31H18FN3S. The minimum absolute atomic E-state index is 0.237. The van der Waals surface area contributed by atoms with Gasteiger partial charge in [0.25, 0.3) is 0 Å². The molecule has 5 heteroatoms. The average molecular weight is 484 g/mol. The largest absolute Gasteiger partial charge is 0.256 e. The van der Waals surface area contributed by atoms with E-state index < -0.39 is 0 Å². The summed E-state index contributed by atoms with van der Waals surface area (Å²) in [6, 6.07) is 29.4. The van der Waals surface area contributed by atoms with E-state index in [0.29, 0.717) is 0 Å². The third kappa shape index (κ3) is 3.53. The highest BCUT2D eigenvalue weighted by Gasteiger charge is 2.12. The number of fused-ring (bicyclic) bond motifs is 4. The van der Waals surface area contributed by atoms with Crippen molar-refractivity contribution in [2.75, 3.05) is 0 Å². The van der Waals surface area contributed by atoms with E-state index >= 15 is 0 Å². The summed E-state index contributed by atoms with van der Waals surface area (Å²) in [5.74, 6) is -0.237. The van der Waals surface area contributed by atoms with Crippen LogP contribution >= 0.6 is 11.3 Å². The number of aromatic nitrogens is 3. The average Bonchev–Trinajstić information content (AvgIpc) is 3.32. The van der Waals surface area contributed by atoms with E-state index in [0.717, 1.165) is 49.2 Å². The van der Waals surface area contributed by atoms with Crippen LogP contribution in [0.15, 0.2) is 110 Å². The van der Waals surface area contributed by atoms with Crippen molar-refractivity contribution in [2.24, 2.45) is 0 Å². The first kappa shape index (κ1) is 20.9. The Kier molecular flexibility index (Phi) is 4.82. The molecule has 0 bridgehead atoms. The zero-order valence-electron chi connectivity index (χ0n) is 19.0. The third-order valence-corrected chi connectivity index (χ3v) is 7.67. The number of nitrogens with zero attached hydrogens (tertiary/aromatic N) is 3. The molecule has 0 aliphatic carbocycles. The van der Waals surface area contributed by atoms with Gasteiger partial charge in [0.1, 0.15) is 10.6 Å². The molecule has 170 valence electrons. The zero-order valence-corrected chi connectivity index (χ0v) is 19.8. The molecule has 7 rings (SSSR count). The lowest BCUT2D eigenvalue weighted by molar-refractivity contribution is 0.628. The number of hydrogen-bond donors (Lipinski definition) is 0. The zero-order chi connectivity index (χ0) is 24.1. The Morgan fingerprint density at radius 1 is 0.611 bits per heavy atom. The van der Waals surface area contributed by atoms with E-state index in [4.69, 9.17) is 9.97 Å². The number of hydrogen-bond acceptors (Lipinski definition) is 4. The van der Waals surface area contributed by atoms with Gasteiger partial charge in [-0.25, -0.2) is 9.37 Å². The fourth-order valence-corrected chi connectivity index (χ4v) is 5.83. The molecule has 4 heterocycles. The minimum atomic E-state index is -0.237. The van der Waals surface area contributed by atoms with Crippen molar-refractivity contribution in [2.45, 2.75) is 0 Å². The van der Waals surface area contributed by atoms with Gasteiger partial charge in [-0.3, -0.25) is 9.97 Å². The van der Waals surface area contributed by atoms with Gasteiger partial charge >= 0.3 is 0 Å². The molecule has 0 fully saturated rings. The van der Waals surface area contributed by atoms with E-state index in [1.807, 2.05) is 36.8 Å². The van der Waals surface area contributed by atoms with Gasteiger partial charge in [0.05, 0.1) is 11.2 Å². The van der Waals surface area contributed by atoms with Crippen LogP contribution in [0.4, 0.5) is 4.39 Å². The topological polar surface area (TPSA) is 38.7 Å². The van der Waals surface area contributed by atoms with Crippen LogP contribution in [0.1, 0.15) is 0 Å². The number of halogens is 1. The van der Waals surface area contributed by atoms with Gasteiger partial charge in [-0.15, -0.1) is 11.3 Å². The Labute approximate surface area is 210 Å². The number of benzene rings is 3. The molecule has 0 radical (unpaired) electrons. The van der Waals surface area contributed by atoms with E-state index in [1.165, 1.54) is 27.6 Å². The number of rotatable bonds is 3. The SMILES string of the molecule is Fc1ccc(-c2ccc3cc(-c4ccc(-c5cccc6c5sc5ncccc56)nc4)cnc3c2)cc1. The third-order valence-electron chi connectivity index (χ3n) is 6.51. The summed E-state index contributed by atoms with van der Waals surface area (Å²) in [7, 11) is 0. The molecule has 4 aromatic heterocycles. The van der Waals surface area contributed by atoms with Crippen molar-refractivity contribution >= 4 is 42.5 Å². The van der Waals surface area contributed by atoms with Crippen LogP contribution in [0.2, 0.25) is 0 Å². The second-order valence-corrected chi connectivity index (χ2v) is 9.71. The smallest absolute Gasteiger partial charge is 0.124 e. The maximum Gasteiger partial charge on any atom is 0.124 e. The van der Waals surface area contributed by atoms with E-state index in [-0.39, 0.29) is 5.82 Å². The fourth-order valence-electron chi connectivity index (χ4n) is 4.66. The highest BCUT2D eigenvalue weighted by molar-refractivity contribution is 7.26. The predicted molar refractivity (Wildman–Crippen MR) is 146 cm³/mol. The van der Waals surface area contributed by atoms with Crippen LogP contribution in [0.25, 0.3) is 64.7 Å². The molecule has 0 saturated carbocycles. The first-order valence-corrected chi connectivity index (χ1v) is 12.4. The standard InChI is InChI=1S/C31H18FN3S/c32-24-11-8-19(9-12-24)20-6-7-21-15-23(18-35-29(21)16-20)22-10-13-28(34-17-22)27-4-1-3-25-26-5-2-14-33-31(26)36-30(25)27/h1-18H. The molecule has 0 amide bonds. The van der Waals surface area contributed by atoms with Gasteiger partial charge in [0, 0.05) is 56.1 Å². The van der Waals surface area contributed by atoms with Gasteiger partial charge in [-0.2, -0.15) is 0 Å². The quantitative estimate of drug-likeness (QED) is 0.253. The van der Waals surface area contributed by atoms with Crippen LogP contribution < -0.4 is 0 Å². The van der Waals surface area contributed by atoms with Gasteiger partial charge in [-0.1, -0.05) is 48.5 Å². The maximum atomic E-state index is 13.3. The Morgan fingerprint density at radius 2 is 1.42 bits per heavy atom. The summed E-state index contributed by atoms with van der Waals surface area (Å²) < 4.78 is 14.5. The summed E-state index contributed by atoms with van der Waals surface area (Å²) in [4.78, 5) is 15.1. The van der Waals surface area contributed by atoms with Crippen molar-refractivity contribution in [3.63, 3.8) is 0 Å². The molecule has 0 spiro atoms. The Balaban J connectivity index is 1.23. The molecule has 0 aliphatic heterocycles. The molecule has 0 N–H and O–H groups in total. The molecule has 3 aromatic carbocycles. The van der Waals surface area contributed by atoms with Gasteiger partial charge in [0.2, 0.25) is 0 Å². The molecule has 3 nitrogen and oxygen atoms in total. The van der Waals surface area contributed by atoms with Crippen molar-refractivity contribution < 1.29 is 4.39 Å². The molecule has 7 aromatic rings. The highest BCUT2D eigenvalue weighted by Crippen LogP contribution is 2.38. The fraction of sp³-hybridized carbons (Fsp3) is 0. The Morgan fingerprint density at radius 3 is 2.28 bits per heavy atom. The minimum Gasteiger partial charge on any atom is -0.256 e. The lowest BCUT2D eigenvalue weighted by atomic mass is 10.0. The summed E-state index contributed by atoms with van der Waals surface area (Å²) in [5, 5.41) is 3.44. The predicted octanol–water partition coefficient (Wildman–Crippen LogP) is 8.53. The molecule has 0 atom stereocenters. The van der Waals surface area contributed by atoms with Gasteiger partial charge in [0.15, 0.2) is 0 Å². The highest BCUT2D eigenvalue weighted by atomic mass is 32.1. The van der Waals surface area contributed by atoms with Crippen molar-refractivity contribution in [1.82, 2.24) is 15.0 Å². The van der Waals surface area contributed by atoms with Crippen molar-refractivity contribution in [3.8, 4) is 33.5 Å². The summed E-state index contributed by atoms with van der Waals surface area (Å²) in [6.07, 6.45) is 5.63. The first-order valence-electron chi connectivity index (χ1n) is 11.6. The summed E-state index contributed by atoms with van der Waals surface area (Å²) in [5.41, 5.74) is 6.96. The molecule has 0 saturated heterocycles. The van der Waals surface area contributed by atoms with E-state index in [1.54, 1.807) is 23.5 Å².